The molecule has 1 aliphatic rings. The van der Waals surface area contributed by atoms with Gasteiger partial charge in [-0.2, -0.15) is 0 Å². The number of hydrogen-bond acceptors (Lipinski definition) is 7. The lowest BCUT2D eigenvalue weighted by Gasteiger charge is -2.35. The lowest BCUT2D eigenvalue weighted by molar-refractivity contribution is 0.0202. The van der Waals surface area contributed by atoms with Crippen molar-refractivity contribution in [2.45, 2.75) is 51.4 Å². The third-order valence-electron chi connectivity index (χ3n) is 4.45. The number of nitrogens with one attached hydrogen (secondary N) is 1. The van der Waals surface area contributed by atoms with E-state index in [2.05, 4.69) is 25.2 Å². The first-order chi connectivity index (χ1) is 11.4. The van der Waals surface area contributed by atoms with Crippen molar-refractivity contribution < 1.29 is 5.11 Å². The number of nitrogens with zero attached hydrogens (tertiary/aromatic N) is 5. The van der Waals surface area contributed by atoms with Crippen LogP contribution in [0.5, 0.6) is 0 Å². The van der Waals surface area contributed by atoms with E-state index in [1.54, 1.807) is 20.2 Å². The third kappa shape index (κ3) is 4.19. The van der Waals surface area contributed by atoms with Gasteiger partial charge in [0, 0.05) is 12.6 Å². The number of aliphatic hydroxyl groups is 1. The molecule has 0 spiro atoms. The highest BCUT2D eigenvalue weighted by atomic mass is 16.3. The molecule has 0 unspecified atom stereocenters. The average molecular weight is 333 g/mol. The van der Waals surface area contributed by atoms with Crippen LogP contribution in [0.2, 0.25) is 0 Å². The highest BCUT2D eigenvalue weighted by molar-refractivity contribution is 5.80. The number of imidazole rings is 1. The van der Waals surface area contributed by atoms with Crippen LogP contribution in [0.15, 0.2) is 12.7 Å². The van der Waals surface area contributed by atoms with Gasteiger partial charge in [0.05, 0.1) is 6.33 Å². The Kier molecular flexibility index (Phi) is 4.98. The second-order valence-electron chi connectivity index (χ2n) is 7.04. The zero-order valence-electron chi connectivity index (χ0n) is 14.4. The molecule has 3 rings (SSSR count). The number of fused-ring (bicyclic) bond motifs is 1. The topological polar surface area (TPSA) is 105 Å². The van der Waals surface area contributed by atoms with Gasteiger partial charge in [0.25, 0.3) is 0 Å². The van der Waals surface area contributed by atoms with Gasteiger partial charge in [-0.15, -0.1) is 0 Å². The van der Waals surface area contributed by atoms with Crippen molar-refractivity contribution in [3.8, 4) is 0 Å². The molecule has 0 atom stereocenters. The Hall–Kier alpha value is -1.77. The van der Waals surface area contributed by atoms with Gasteiger partial charge in [0.1, 0.15) is 17.6 Å². The first kappa shape index (κ1) is 17.1. The maximum absolute atomic E-state index is 9.84. The van der Waals surface area contributed by atoms with E-state index in [-0.39, 0.29) is 0 Å². The summed E-state index contributed by atoms with van der Waals surface area (Å²) >= 11 is 0. The molecule has 2 aromatic rings. The van der Waals surface area contributed by atoms with Crippen LogP contribution in [0.1, 0.15) is 33.1 Å². The predicted octanol–water partition coefficient (Wildman–Crippen LogP) is 0.581. The molecule has 1 aliphatic heterocycles. The van der Waals surface area contributed by atoms with Gasteiger partial charge < -0.3 is 20.3 Å². The van der Waals surface area contributed by atoms with E-state index < -0.39 is 5.72 Å². The Bertz CT molecular complexity index is 671. The third-order valence-corrected chi connectivity index (χ3v) is 4.45. The van der Waals surface area contributed by atoms with Crippen molar-refractivity contribution in [2.24, 2.45) is 0 Å². The molecular weight excluding hydrogens is 306 g/mol. The normalized spacial score (nSPS) is 17.6. The summed E-state index contributed by atoms with van der Waals surface area (Å²) in [4.78, 5) is 15.0. The second-order valence-corrected chi connectivity index (χ2v) is 7.04. The lowest BCUT2D eigenvalue weighted by atomic mass is 10.0. The molecule has 0 amide bonds. The Labute approximate surface area is 142 Å². The smallest absolute Gasteiger partial charge is 0.165 e. The van der Waals surface area contributed by atoms with E-state index in [4.69, 9.17) is 5.73 Å². The van der Waals surface area contributed by atoms with Crippen molar-refractivity contribution in [3.63, 3.8) is 0 Å². The highest BCUT2D eigenvalue weighted by Crippen LogP contribution is 2.16. The van der Waals surface area contributed by atoms with E-state index in [9.17, 15) is 5.11 Å². The minimum atomic E-state index is -0.793. The van der Waals surface area contributed by atoms with Crippen LogP contribution in [0.3, 0.4) is 0 Å². The first-order valence-electron chi connectivity index (χ1n) is 8.56. The summed E-state index contributed by atoms with van der Waals surface area (Å²) in [6.07, 6.45) is 6.45. The fraction of sp³-hybridized carbons (Fsp3) is 0.688. The Morgan fingerprint density at radius 3 is 2.71 bits per heavy atom. The lowest BCUT2D eigenvalue weighted by Crippen LogP contribution is -2.50. The van der Waals surface area contributed by atoms with Gasteiger partial charge in [0.2, 0.25) is 0 Å². The molecule has 0 radical (unpaired) electrons. The predicted molar refractivity (Wildman–Crippen MR) is 93.2 cm³/mol. The van der Waals surface area contributed by atoms with Crippen molar-refractivity contribution >= 4 is 17.0 Å². The zero-order valence-corrected chi connectivity index (χ0v) is 14.4. The Balaban J connectivity index is 1.45. The number of rotatable bonds is 6. The maximum atomic E-state index is 9.84. The van der Waals surface area contributed by atoms with E-state index >= 15 is 0 Å². The van der Waals surface area contributed by atoms with Crippen LogP contribution < -0.4 is 11.1 Å². The molecule has 4 N–H and O–H groups in total. The summed E-state index contributed by atoms with van der Waals surface area (Å²) in [6, 6.07) is 0.401. The fourth-order valence-electron chi connectivity index (χ4n) is 3.33. The number of piperidine rings is 1. The summed E-state index contributed by atoms with van der Waals surface area (Å²) in [6.45, 7) is 7.64. The molecule has 8 nitrogen and oxygen atoms in total. The van der Waals surface area contributed by atoms with Gasteiger partial charge >= 0.3 is 0 Å². The molecule has 2 aromatic heterocycles. The summed E-state index contributed by atoms with van der Waals surface area (Å²) in [5.41, 5.74) is 6.50. The monoisotopic (exact) mass is 333 g/mol. The number of likely N-dealkylation sites (tertiary alicyclic amines) is 1. The standard InChI is InChI=1S/C16H27N7O/c1-16(2,24)21-12-4-8-22(9-5-12)6-3-7-23-11-20-13-14(17)18-10-19-15(13)23/h10-12,21,24H,3-9H2,1-2H3,(H2,17,18,19). The zero-order chi connectivity index (χ0) is 17.2. The van der Waals surface area contributed by atoms with Crippen molar-refractivity contribution in [2.75, 3.05) is 25.4 Å². The van der Waals surface area contributed by atoms with Crippen LogP contribution in [-0.2, 0) is 6.54 Å². The van der Waals surface area contributed by atoms with Crippen LogP contribution in [0.4, 0.5) is 5.82 Å². The largest absolute Gasteiger partial charge is 0.382 e. The molecule has 0 aliphatic carbocycles. The molecular formula is C16H27N7O. The molecule has 0 bridgehead atoms. The fourth-order valence-corrected chi connectivity index (χ4v) is 3.33. The number of hydrogen-bond donors (Lipinski definition) is 3. The van der Waals surface area contributed by atoms with Gasteiger partial charge in [-0.05, 0) is 52.7 Å². The van der Waals surface area contributed by atoms with Crippen molar-refractivity contribution in [1.29, 1.82) is 0 Å². The highest BCUT2D eigenvalue weighted by Gasteiger charge is 2.23. The molecule has 0 saturated carbocycles. The quantitative estimate of drug-likeness (QED) is 0.664. The molecule has 3 heterocycles. The molecule has 1 fully saturated rings. The Morgan fingerprint density at radius 1 is 1.25 bits per heavy atom. The van der Waals surface area contributed by atoms with Gasteiger partial charge in [-0.3, -0.25) is 5.32 Å². The van der Waals surface area contributed by atoms with Gasteiger partial charge in [0.15, 0.2) is 11.5 Å². The average Bonchev–Trinajstić information content (AvgIpc) is 2.92. The number of aryl methyl sites for hydroxylation is 1. The number of aromatic nitrogens is 4. The number of nitrogen functional groups attached to an aromatic ring is 1. The van der Waals surface area contributed by atoms with Crippen molar-refractivity contribution in [3.05, 3.63) is 12.7 Å². The Morgan fingerprint density at radius 2 is 2.00 bits per heavy atom. The van der Waals surface area contributed by atoms with E-state index in [0.717, 1.165) is 51.1 Å². The van der Waals surface area contributed by atoms with Crippen LogP contribution >= 0.6 is 0 Å². The SMILES string of the molecule is CC(C)(O)NC1CCN(CCCn2cnc3c(N)ncnc32)CC1. The number of anilines is 1. The minimum absolute atomic E-state index is 0.401. The second kappa shape index (κ2) is 7.00. The molecule has 1 saturated heterocycles. The molecule has 0 aromatic carbocycles. The van der Waals surface area contributed by atoms with Crippen LogP contribution in [0, 0.1) is 0 Å². The molecule has 8 heteroatoms. The van der Waals surface area contributed by atoms with E-state index in [1.165, 1.54) is 6.33 Å². The van der Waals surface area contributed by atoms with Crippen LogP contribution in [-0.4, -0.2) is 60.9 Å². The minimum Gasteiger partial charge on any atom is -0.382 e. The summed E-state index contributed by atoms with van der Waals surface area (Å²) < 4.78 is 2.04. The van der Waals surface area contributed by atoms with Crippen LogP contribution in [0.25, 0.3) is 11.2 Å². The van der Waals surface area contributed by atoms with E-state index in [0.29, 0.717) is 17.4 Å². The van der Waals surface area contributed by atoms with Crippen molar-refractivity contribution in [1.82, 2.24) is 29.7 Å². The number of nitrogens with two attached hydrogens (primary N) is 1. The molecule has 24 heavy (non-hydrogen) atoms. The summed E-state index contributed by atoms with van der Waals surface area (Å²) in [5, 5.41) is 13.1. The van der Waals surface area contributed by atoms with Gasteiger partial charge in [-0.25, -0.2) is 15.0 Å². The molecule has 132 valence electrons. The maximum Gasteiger partial charge on any atom is 0.165 e. The van der Waals surface area contributed by atoms with E-state index in [1.807, 2.05) is 4.57 Å². The summed E-state index contributed by atoms with van der Waals surface area (Å²) in [7, 11) is 0. The van der Waals surface area contributed by atoms with Gasteiger partial charge in [-0.1, -0.05) is 0 Å². The summed E-state index contributed by atoms with van der Waals surface area (Å²) in [5.74, 6) is 0.431. The first-order valence-corrected chi connectivity index (χ1v) is 8.56.